The largest absolute Gasteiger partial charge is 0.338 e. The molecule has 2 aromatic rings. The van der Waals surface area contributed by atoms with Crippen molar-refractivity contribution in [2.45, 2.75) is 43.7 Å². The minimum absolute atomic E-state index is 0.0788. The fraction of sp³-hybridized carbons (Fsp3) is 0.550. The van der Waals surface area contributed by atoms with E-state index in [1.165, 1.54) is 0 Å². The summed E-state index contributed by atoms with van der Waals surface area (Å²) in [5.74, 6) is 0.342. The molecule has 2 aliphatic rings. The number of carbonyl (C=O) groups excluding carboxylic acids is 1. The third kappa shape index (κ3) is 3.72. The number of hydrogen-bond donors (Lipinski definition) is 1. The summed E-state index contributed by atoms with van der Waals surface area (Å²) in [4.78, 5) is 23.2. The summed E-state index contributed by atoms with van der Waals surface area (Å²) in [6, 6.07) is 7.96. The van der Waals surface area contributed by atoms with Gasteiger partial charge in [0.1, 0.15) is 0 Å². The Morgan fingerprint density at radius 1 is 1.37 bits per heavy atom. The first-order valence-corrected chi connectivity index (χ1v) is 9.88. The molecular weight excluding hydrogens is 367 g/mol. The van der Waals surface area contributed by atoms with Crippen molar-refractivity contribution >= 4 is 28.7 Å². The van der Waals surface area contributed by atoms with Crippen LogP contribution in [0.3, 0.4) is 0 Å². The summed E-state index contributed by atoms with van der Waals surface area (Å²) in [6.45, 7) is 3.66. The predicted molar refractivity (Wildman–Crippen MR) is 104 cm³/mol. The zero-order valence-electron chi connectivity index (χ0n) is 15.4. The van der Waals surface area contributed by atoms with Crippen LogP contribution >= 0.6 is 11.6 Å². The zero-order chi connectivity index (χ0) is 19.1. The molecule has 2 aromatic heterocycles. The van der Waals surface area contributed by atoms with Gasteiger partial charge in [0.25, 0.3) is 0 Å². The topological polar surface area (TPSA) is 58.1 Å². The highest BCUT2D eigenvalue weighted by atomic mass is 35.5. The molecule has 2 amide bonds. The van der Waals surface area contributed by atoms with Crippen molar-refractivity contribution < 1.29 is 9.18 Å². The number of pyridine rings is 2. The molecule has 4 rings (SSSR count). The summed E-state index contributed by atoms with van der Waals surface area (Å²) >= 11 is 5.72. The normalized spacial score (nSPS) is 28.3. The minimum atomic E-state index is -1.60. The van der Waals surface area contributed by atoms with E-state index in [9.17, 15) is 9.18 Å². The molecule has 1 aliphatic carbocycles. The number of nitrogens with one attached hydrogen (secondary N) is 1. The van der Waals surface area contributed by atoms with Gasteiger partial charge in [-0.15, -0.1) is 0 Å². The summed E-state index contributed by atoms with van der Waals surface area (Å²) < 4.78 is 13.7. The van der Waals surface area contributed by atoms with Crippen LogP contribution in [0.25, 0.3) is 11.0 Å². The number of carbonyl (C=O) groups is 1. The van der Waals surface area contributed by atoms with E-state index in [1.54, 1.807) is 6.20 Å². The van der Waals surface area contributed by atoms with E-state index >= 15 is 0 Å². The van der Waals surface area contributed by atoms with Gasteiger partial charge in [-0.2, -0.15) is 0 Å². The van der Waals surface area contributed by atoms with Crippen LogP contribution in [0.2, 0.25) is 0 Å². The molecule has 2 unspecified atom stereocenters. The Morgan fingerprint density at radius 3 is 2.81 bits per heavy atom. The molecule has 1 N–H and O–H groups in total. The van der Waals surface area contributed by atoms with Gasteiger partial charge in [-0.25, -0.2) is 19.2 Å². The fourth-order valence-corrected chi connectivity index (χ4v) is 4.24. The highest BCUT2D eigenvalue weighted by molar-refractivity contribution is 6.25. The smallest absolute Gasteiger partial charge is 0.317 e. The van der Waals surface area contributed by atoms with Gasteiger partial charge in [-0.1, -0.05) is 18.5 Å². The number of likely N-dealkylation sites (tertiary alicyclic amines) is 1. The lowest BCUT2D eigenvalue weighted by Gasteiger charge is -2.32. The Labute approximate surface area is 163 Å². The maximum absolute atomic E-state index is 13.7. The molecule has 7 heteroatoms. The van der Waals surface area contributed by atoms with Crippen LogP contribution in [0.5, 0.6) is 0 Å². The first-order valence-electron chi connectivity index (χ1n) is 9.50. The third-order valence-corrected chi connectivity index (χ3v) is 6.60. The molecule has 0 aromatic carbocycles. The van der Waals surface area contributed by atoms with Gasteiger partial charge in [0.2, 0.25) is 0 Å². The van der Waals surface area contributed by atoms with Crippen molar-refractivity contribution in [3.05, 3.63) is 36.2 Å². The molecule has 1 aliphatic heterocycles. The van der Waals surface area contributed by atoms with Crippen LogP contribution in [0.4, 0.5) is 9.18 Å². The Bertz CT molecular complexity index is 853. The number of rotatable bonds is 4. The highest BCUT2D eigenvalue weighted by Gasteiger charge is 2.64. The van der Waals surface area contributed by atoms with Gasteiger partial charge in [-0.3, -0.25) is 0 Å². The van der Waals surface area contributed by atoms with E-state index in [1.807, 2.05) is 24.0 Å². The van der Waals surface area contributed by atoms with Crippen molar-refractivity contribution in [1.82, 2.24) is 20.2 Å². The van der Waals surface area contributed by atoms with E-state index in [0.717, 1.165) is 29.6 Å². The minimum Gasteiger partial charge on any atom is -0.338 e. The Balaban J connectivity index is 1.27. The molecule has 144 valence electrons. The van der Waals surface area contributed by atoms with Crippen LogP contribution in [-0.2, 0) is 0 Å². The van der Waals surface area contributed by atoms with Crippen molar-refractivity contribution in [2.75, 3.05) is 19.6 Å². The molecule has 0 spiro atoms. The van der Waals surface area contributed by atoms with Crippen LogP contribution in [-0.4, -0.2) is 45.7 Å². The monoisotopic (exact) mass is 390 g/mol. The van der Waals surface area contributed by atoms with Crippen LogP contribution in [0, 0.1) is 5.41 Å². The molecule has 0 bridgehead atoms. The zero-order valence-corrected chi connectivity index (χ0v) is 16.2. The second-order valence-electron chi connectivity index (χ2n) is 7.97. The molecule has 2 fully saturated rings. The molecule has 27 heavy (non-hydrogen) atoms. The quantitative estimate of drug-likeness (QED) is 0.795. The predicted octanol–water partition coefficient (Wildman–Crippen LogP) is 4.22. The number of nitrogens with zero attached hydrogens (tertiary/aromatic N) is 3. The SMILES string of the molecule is CC1(CCNC(=O)N2CCC(c3ccc4cccnc4n3)CC2)CC1(F)Cl. The van der Waals surface area contributed by atoms with Crippen molar-refractivity contribution in [2.24, 2.45) is 5.41 Å². The summed E-state index contributed by atoms with van der Waals surface area (Å²) in [7, 11) is 0. The number of aromatic nitrogens is 2. The lowest BCUT2D eigenvalue weighted by Crippen LogP contribution is -2.44. The standard InChI is InChI=1S/C20H24ClFN4O/c1-19(13-20(19,21)22)8-10-24-18(27)26-11-6-14(7-12-26)16-5-4-15-3-2-9-23-17(15)25-16/h2-5,9,14H,6-8,10-13H2,1H3,(H,24,27). The highest BCUT2D eigenvalue weighted by Crippen LogP contribution is 2.63. The van der Waals surface area contributed by atoms with Crippen molar-refractivity contribution in [3.8, 4) is 0 Å². The number of urea groups is 1. The lowest BCUT2D eigenvalue weighted by atomic mass is 9.93. The molecule has 1 saturated carbocycles. The van der Waals surface area contributed by atoms with Crippen molar-refractivity contribution in [1.29, 1.82) is 0 Å². The molecule has 3 heterocycles. The first-order chi connectivity index (χ1) is 12.9. The lowest BCUT2D eigenvalue weighted by molar-refractivity contribution is 0.179. The van der Waals surface area contributed by atoms with Gasteiger partial charge in [-0.05, 0) is 43.5 Å². The van der Waals surface area contributed by atoms with Gasteiger partial charge >= 0.3 is 6.03 Å². The van der Waals surface area contributed by atoms with E-state index in [0.29, 0.717) is 38.4 Å². The van der Waals surface area contributed by atoms with Crippen molar-refractivity contribution in [3.63, 3.8) is 0 Å². The summed E-state index contributed by atoms with van der Waals surface area (Å²) in [5, 5.41) is 2.34. The van der Waals surface area contributed by atoms with E-state index in [-0.39, 0.29) is 6.03 Å². The summed E-state index contributed by atoms with van der Waals surface area (Å²) in [6.07, 6.45) is 4.43. The van der Waals surface area contributed by atoms with E-state index < -0.39 is 10.5 Å². The Morgan fingerprint density at radius 2 is 2.11 bits per heavy atom. The number of piperidine rings is 1. The maximum Gasteiger partial charge on any atom is 0.317 e. The number of halogens is 2. The molecule has 1 saturated heterocycles. The first kappa shape index (κ1) is 18.4. The van der Waals surface area contributed by atoms with Crippen LogP contribution < -0.4 is 5.32 Å². The van der Waals surface area contributed by atoms with E-state index in [2.05, 4.69) is 27.4 Å². The second kappa shape index (κ2) is 6.89. The van der Waals surface area contributed by atoms with Gasteiger partial charge in [0, 0.05) is 54.7 Å². The molecule has 2 atom stereocenters. The van der Waals surface area contributed by atoms with Crippen LogP contribution in [0.15, 0.2) is 30.5 Å². The Kier molecular flexibility index (Phi) is 4.70. The molecule has 0 radical (unpaired) electrons. The number of fused-ring (bicyclic) bond motifs is 1. The van der Waals surface area contributed by atoms with Gasteiger partial charge in [0.15, 0.2) is 10.8 Å². The Hall–Kier alpha value is -1.95. The average Bonchev–Trinajstić information content (AvgIpc) is 3.18. The maximum atomic E-state index is 13.7. The number of hydrogen-bond acceptors (Lipinski definition) is 3. The third-order valence-electron chi connectivity index (χ3n) is 6.01. The van der Waals surface area contributed by atoms with Crippen LogP contribution in [0.1, 0.15) is 44.2 Å². The average molecular weight is 391 g/mol. The molecular formula is C20H24ClFN4O. The van der Waals surface area contributed by atoms with E-state index in [4.69, 9.17) is 11.6 Å². The second-order valence-corrected chi connectivity index (χ2v) is 8.57. The summed E-state index contributed by atoms with van der Waals surface area (Å²) in [5.41, 5.74) is 1.31. The fourth-order valence-electron chi connectivity index (χ4n) is 3.85. The number of amides is 2. The van der Waals surface area contributed by atoms with Gasteiger partial charge < -0.3 is 10.2 Å². The number of alkyl halides is 2. The van der Waals surface area contributed by atoms with Gasteiger partial charge in [0.05, 0.1) is 0 Å². The molecule has 5 nitrogen and oxygen atoms in total.